The first kappa shape index (κ1) is 16.3. The van der Waals surface area contributed by atoms with E-state index in [1.165, 1.54) is 38.4 Å². The maximum absolute atomic E-state index is 11.0. The van der Waals surface area contributed by atoms with E-state index in [9.17, 15) is 8.42 Å². The molecule has 0 spiro atoms. The summed E-state index contributed by atoms with van der Waals surface area (Å²) in [7, 11) is -2.78. The molecule has 0 aromatic carbocycles. The van der Waals surface area contributed by atoms with Crippen molar-refractivity contribution in [3.05, 3.63) is 0 Å². The van der Waals surface area contributed by atoms with Crippen LogP contribution in [0.25, 0.3) is 0 Å². The van der Waals surface area contributed by atoms with Crippen LogP contribution in [0.4, 0.5) is 0 Å². The predicted molar refractivity (Wildman–Crippen MR) is 81.1 cm³/mol. The third-order valence-electron chi connectivity index (χ3n) is 3.55. The fourth-order valence-electron chi connectivity index (χ4n) is 2.53. The second-order valence-corrected chi connectivity index (χ2v) is 8.77. The summed E-state index contributed by atoms with van der Waals surface area (Å²) in [6, 6.07) is 0.709. The molecule has 0 radical (unpaired) electrons. The van der Waals surface area contributed by atoms with E-state index in [4.69, 9.17) is 0 Å². The Hall–Kier alpha value is 0.260. The molecule has 0 aromatic heterocycles. The van der Waals surface area contributed by atoms with Crippen molar-refractivity contribution in [1.29, 1.82) is 0 Å². The van der Waals surface area contributed by atoms with Gasteiger partial charge in [0.2, 0.25) is 0 Å². The smallest absolute Gasteiger partial charge is 0.148 e. The van der Waals surface area contributed by atoms with Crippen LogP contribution in [0.2, 0.25) is 0 Å². The van der Waals surface area contributed by atoms with Gasteiger partial charge in [-0.1, -0.05) is 13.3 Å². The molecule has 0 heterocycles. The molecular formula is C13H27NO2S2. The van der Waals surface area contributed by atoms with E-state index in [1.54, 1.807) is 11.8 Å². The Balaban J connectivity index is 2.10. The molecule has 5 heteroatoms. The zero-order valence-electron chi connectivity index (χ0n) is 11.7. The Morgan fingerprint density at radius 1 is 1.28 bits per heavy atom. The first-order chi connectivity index (χ1) is 8.53. The lowest BCUT2D eigenvalue weighted by atomic mass is 10.0. The van der Waals surface area contributed by atoms with E-state index in [0.717, 1.165) is 24.0 Å². The Bertz CT molecular complexity index is 317. The zero-order valence-corrected chi connectivity index (χ0v) is 13.3. The summed E-state index contributed by atoms with van der Waals surface area (Å²) in [5.74, 6) is 2.98. The van der Waals surface area contributed by atoms with Gasteiger partial charge in [0, 0.05) is 18.1 Å². The van der Waals surface area contributed by atoms with E-state index in [2.05, 4.69) is 12.2 Å². The van der Waals surface area contributed by atoms with Crippen LogP contribution in [0.1, 0.15) is 39.0 Å². The Labute approximate surface area is 116 Å². The van der Waals surface area contributed by atoms with E-state index in [-0.39, 0.29) is 0 Å². The highest BCUT2D eigenvalue weighted by Crippen LogP contribution is 2.29. The molecule has 2 unspecified atom stereocenters. The van der Waals surface area contributed by atoms with Gasteiger partial charge in [-0.15, -0.1) is 0 Å². The molecule has 0 saturated heterocycles. The number of hydrogen-bond donors (Lipinski definition) is 1. The molecule has 0 aliphatic heterocycles. The van der Waals surface area contributed by atoms with Crippen LogP contribution in [0, 0.1) is 5.92 Å². The summed E-state index contributed by atoms with van der Waals surface area (Å²) in [6.07, 6.45) is 7.75. The maximum atomic E-state index is 11.0. The fourth-order valence-corrected chi connectivity index (χ4v) is 4.88. The van der Waals surface area contributed by atoms with E-state index in [0.29, 0.717) is 11.8 Å². The van der Waals surface area contributed by atoms with Crippen LogP contribution in [-0.2, 0) is 9.84 Å². The lowest BCUT2D eigenvalue weighted by Crippen LogP contribution is -2.33. The third-order valence-corrected chi connectivity index (χ3v) is 5.77. The van der Waals surface area contributed by atoms with Crippen LogP contribution in [0.3, 0.4) is 0 Å². The molecule has 0 amide bonds. The lowest BCUT2D eigenvalue weighted by molar-refractivity contribution is 0.393. The molecule has 18 heavy (non-hydrogen) atoms. The molecule has 0 bridgehead atoms. The van der Waals surface area contributed by atoms with Crippen molar-refractivity contribution in [2.45, 2.75) is 45.1 Å². The van der Waals surface area contributed by atoms with Gasteiger partial charge in [0.15, 0.2) is 0 Å². The molecule has 0 aromatic rings. The van der Waals surface area contributed by atoms with Crippen LogP contribution in [0.5, 0.6) is 0 Å². The largest absolute Gasteiger partial charge is 0.314 e. The molecule has 3 nitrogen and oxygen atoms in total. The van der Waals surface area contributed by atoms with Gasteiger partial charge in [-0.2, -0.15) is 11.8 Å². The molecule has 1 rings (SSSR count). The van der Waals surface area contributed by atoms with Gasteiger partial charge in [-0.25, -0.2) is 8.42 Å². The van der Waals surface area contributed by atoms with Crippen LogP contribution >= 0.6 is 11.8 Å². The summed E-state index contributed by atoms with van der Waals surface area (Å²) >= 11 is 1.79. The highest BCUT2D eigenvalue weighted by Gasteiger charge is 2.25. The minimum Gasteiger partial charge on any atom is -0.314 e. The first-order valence-corrected chi connectivity index (χ1v) is 10.2. The van der Waals surface area contributed by atoms with Crippen molar-refractivity contribution in [2.24, 2.45) is 5.92 Å². The van der Waals surface area contributed by atoms with Crippen molar-refractivity contribution < 1.29 is 8.42 Å². The SMILES string of the molecule is CCCNC1CCCC1CCSCCS(C)(=O)=O. The Kier molecular flexibility index (Phi) is 7.64. The summed E-state index contributed by atoms with van der Waals surface area (Å²) in [6.45, 7) is 3.33. The van der Waals surface area contributed by atoms with Gasteiger partial charge >= 0.3 is 0 Å². The van der Waals surface area contributed by atoms with E-state index < -0.39 is 9.84 Å². The second-order valence-electron chi connectivity index (χ2n) is 5.28. The summed E-state index contributed by atoms with van der Waals surface area (Å²) in [5, 5.41) is 3.64. The Morgan fingerprint density at radius 2 is 2.06 bits per heavy atom. The normalized spacial score (nSPS) is 24.6. The number of thioether (sulfide) groups is 1. The number of sulfone groups is 1. The molecule has 1 aliphatic rings. The maximum Gasteiger partial charge on any atom is 0.148 e. The molecule has 1 saturated carbocycles. The average Bonchev–Trinajstić information content (AvgIpc) is 2.72. The van der Waals surface area contributed by atoms with Crippen molar-refractivity contribution in [3.8, 4) is 0 Å². The minimum atomic E-state index is -2.78. The van der Waals surface area contributed by atoms with Gasteiger partial charge in [0.05, 0.1) is 5.75 Å². The highest BCUT2D eigenvalue weighted by atomic mass is 32.2. The zero-order chi connectivity index (χ0) is 13.4. The van der Waals surface area contributed by atoms with Crippen molar-refractivity contribution in [2.75, 3.05) is 30.1 Å². The molecule has 108 valence electrons. The predicted octanol–water partition coefficient (Wildman–Crippen LogP) is 2.32. The monoisotopic (exact) mass is 293 g/mol. The average molecular weight is 293 g/mol. The quantitative estimate of drug-likeness (QED) is 0.663. The molecule has 1 aliphatic carbocycles. The molecular weight excluding hydrogens is 266 g/mol. The summed E-state index contributed by atoms with van der Waals surface area (Å²) in [5.41, 5.74) is 0. The fraction of sp³-hybridized carbons (Fsp3) is 1.00. The van der Waals surface area contributed by atoms with E-state index in [1.807, 2.05) is 0 Å². The molecule has 2 atom stereocenters. The second kappa shape index (κ2) is 8.43. The number of nitrogens with one attached hydrogen (secondary N) is 1. The van der Waals surface area contributed by atoms with E-state index >= 15 is 0 Å². The lowest BCUT2D eigenvalue weighted by Gasteiger charge is -2.20. The van der Waals surface area contributed by atoms with Gasteiger partial charge in [0.25, 0.3) is 0 Å². The van der Waals surface area contributed by atoms with Crippen molar-refractivity contribution in [3.63, 3.8) is 0 Å². The van der Waals surface area contributed by atoms with Crippen molar-refractivity contribution >= 4 is 21.6 Å². The van der Waals surface area contributed by atoms with Gasteiger partial charge in [-0.3, -0.25) is 0 Å². The minimum absolute atomic E-state index is 0.319. The number of hydrogen-bond acceptors (Lipinski definition) is 4. The van der Waals surface area contributed by atoms with Gasteiger partial charge < -0.3 is 5.32 Å². The van der Waals surface area contributed by atoms with Crippen LogP contribution in [-0.4, -0.2) is 44.5 Å². The highest BCUT2D eigenvalue weighted by molar-refractivity contribution is 8.00. The molecule has 1 fully saturated rings. The van der Waals surface area contributed by atoms with Crippen LogP contribution in [0.15, 0.2) is 0 Å². The molecule has 1 N–H and O–H groups in total. The van der Waals surface area contributed by atoms with Crippen LogP contribution < -0.4 is 5.32 Å². The Morgan fingerprint density at radius 3 is 2.72 bits per heavy atom. The van der Waals surface area contributed by atoms with Gasteiger partial charge in [0.1, 0.15) is 9.84 Å². The topological polar surface area (TPSA) is 46.2 Å². The summed E-state index contributed by atoms with van der Waals surface area (Å²) in [4.78, 5) is 0. The standard InChI is InChI=1S/C13H27NO2S2/c1-3-8-14-13-6-4-5-12(13)7-9-17-10-11-18(2,15)16/h12-14H,3-11H2,1-2H3. The first-order valence-electron chi connectivity index (χ1n) is 7.02. The number of rotatable bonds is 9. The third kappa shape index (κ3) is 7.00. The van der Waals surface area contributed by atoms with Gasteiger partial charge in [-0.05, 0) is 43.9 Å². The van der Waals surface area contributed by atoms with Crippen molar-refractivity contribution in [1.82, 2.24) is 5.32 Å². The summed E-state index contributed by atoms with van der Waals surface area (Å²) < 4.78 is 22.0.